The number of anilines is 1. The molecule has 2 rings (SSSR count). The number of nitrogen functional groups attached to an aromatic ring is 1. The van der Waals surface area contributed by atoms with Gasteiger partial charge in [-0.15, -0.1) is 0 Å². The highest BCUT2D eigenvalue weighted by Crippen LogP contribution is 2.31. The Labute approximate surface area is 80.2 Å². The third-order valence-corrected chi connectivity index (χ3v) is 1.97. The normalized spacial score (nSPS) is 10.4. The summed E-state index contributed by atoms with van der Waals surface area (Å²) in [4.78, 5) is 7.81. The molecule has 1 aromatic carbocycles. The molecule has 0 aliphatic heterocycles. The molecule has 72 valence electrons. The molecule has 2 aromatic rings. The van der Waals surface area contributed by atoms with Gasteiger partial charge in [-0.25, -0.2) is 9.97 Å². The van der Waals surface area contributed by atoms with Crippen molar-refractivity contribution in [2.24, 2.45) is 0 Å². The minimum absolute atomic E-state index is 0.0399. The van der Waals surface area contributed by atoms with E-state index in [9.17, 15) is 5.11 Å². The van der Waals surface area contributed by atoms with E-state index in [-0.39, 0.29) is 5.75 Å². The summed E-state index contributed by atoms with van der Waals surface area (Å²) in [5, 5.41) is 10.1. The number of ether oxygens (including phenoxy) is 1. The van der Waals surface area contributed by atoms with Crippen LogP contribution in [0.5, 0.6) is 11.5 Å². The molecule has 5 nitrogen and oxygen atoms in total. The SMILES string of the molecule is COc1cc2c(N)ncnc2cc1O. The molecule has 0 saturated carbocycles. The molecule has 0 radical (unpaired) electrons. The summed E-state index contributed by atoms with van der Waals surface area (Å²) in [5.74, 6) is 0.769. The van der Waals surface area contributed by atoms with Gasteiger partial charge in [0.1, 0.15) is 12.1 Å². The number of phenolic OH excluding ortho intramolecular Hbond substituents is 1. The van der Waals surface area contributed by atoms with Crippen molar-refractivity contribution in [3.63, 3.8) is 0 Å². The Morgan fingerprint density at radius 1 is 1.36 bits per heavy atom. The maximum atomic E-state index is 9.47. The third-order valence-electron chi connectivity index (χ3n) is 1.97. The summed E-state index contributed by atoms with van der Waals surface area (Å²) in [7, 11) is 1.47. The Bertz CT molecular complexity index is 485. The summed E-state index contributed by atoms with van der Waals surface area (Å²) in [6, 6.07) is 3.10. The highest BCUT2D eigenvalue weighted by molar-refractivity contribution is 5.90. The van der Waals surface area contributed by atoms with Crippen LogP contribution >= 0.6 is 0 Å². The van der Waals surface area contributed by atoms with Crippen LogP contribution in [0.1, 0.15) is 0 Å². The molecule has 0 atom stereocenters. The summed E-state index contributed by atoms with van der Waals surface area (Å²) in [5.41, 5.74) is 6.23. The van der Waals surface area contributed by atoms with Gasteiger partial charge in [-0.05, 0) is 6.07 Å². The lowest BCUT2D eigenvalue weighted by molar-refractivity contribution is 0.374. The lowest BCUT2D eigenvalue weighted by Crippen LogP contribution is -1.94. The van der Waals surface area contributed by atoms with E-state index >= 15 is 0 Å². The number of hydrogen-bond donors (Lipinski definition) is 2. The molecule has 0 unspecified atom stereocenters. The largest absolute Gasteiger partial charge is 0.504 e. The van der Waals surface area contributed by atoms with Gasteiger partial charge in [0.2, 0.25) is 0 Å². The molecule has 0 spiro atoms. The van der Waals surface area contributed by atoms with Crippen LogP contribution < -0.4 is 10.5 Å². The average molecular weight is 191 g/mol. The number of fused-ring (bicyclic) bond motifs is 1. The minimum atomic E-state index is 0.0399. The molecule has 1 heterocycles. The fourth-order valence-corrected chi connectivity index (χ4v) is 1.26. The monoisotopic (exact) mass is 191 g/mol. The molecule has 3 N–H and O–H groups in total. The van der Waals surface area contributed by atoms with Crippen molar-refractivity contribution in [3.05, 3.63) is 18.5 Å². The van der Waals surface area contributed by atoms with E-state index in [4.69, 9.17) is 10.5 Å². The number of benzene rings is 1. The van der Waals surface area contributed by atoms with Crippen LogP contribution in [-0.2, 0) is 0 Å². The first-order valence-electron chi connectivity index (χ1n) is 3.99. The van der Waals surface area contributed by atoms with E-state index < -0.39 is 0 Å². The maximum absolute atomic E-state index is 9.47. The topological polar surface area (TPSA) is 81.3 Å². The van der Waals surface area contributed by atoms with Crippen LogP contribution in [0.15, 0.2) is 18.5 Å². The predicted molar refractivity (Wildman–Crippen MR) is 52.2 cm³/mol. The second-order valence-electron chi connectivity index (χ2n) is 2.80. The van der Waals surface area contributed by atoms with Gasteiger partial charge in [0.15, 0.2) is 11.5 Å². The van der Waals surface area contributed by atoms with Gasteiger partial charge in [-0.3, -0.25) is 0 Å². The second kappa shape index (κ2) is 3.02. The molecule has 0 aliphatic carbocycles. The van der Waals surface area contributed by atoms with Gasteiger partial charge in [-0.1, -0.05) is 0 Å². The lowest BCUT2D eigenvalue weighted by Gasteiger charge is -2.05. The van der Waals surface area contributed by atoms with Crippen LogP contribution in [0.4, 0.5) is 5.82 Å². The highest BCUT2D eigenvalue weighted by atomic mass is 16.5. The van der Waals surface area contributed by atoms with Crippen molar-refractivity contribution >= 4 is 16.7 Å². The number of nitrogens with zero attached hydrogens (tertiary/aromatic N) is 2. The van der Waals surface area contributed by atoms with E-state index in [1.54, 1.807) is 6.07 Å². The molecular formula is C9H9N3O2. The number of phenols is 1. The van der Waals surface area contributed by atoms with E-state index in [0.29, 0.717) is 22.5 Å². The van der Waals surface area contributed by atoms with Crippen molar-refractivity contribution in [2.45, 2.75) is 0 Å². The van der Waals surface area contributed by atoms with Crippen LogP contribution in [0.2, 0.25) is 0 Å². The Morgan fingerprint density at radius 2 is 2.14 bits per heavy atom. The predicted octanol–water partition coefficient (Wildman–Crippen LogP) is 0.926. The van der Waals surface area contributed by atoms with Gasteiger partial charge in [0, 0.05) is 11.5 Å². The molecule has 0 aliphatic rings. The van der Waals surface area contributed by atoms with Crippen molar-refractivity contribution in [1.29, 1.82) is 0 Å². The number of hydrogen-bond acceptors (Lipinski definition) is 5. The first-order chi connectivity index (χ1) is 6.72. The maximum Gasteiger partial charge on any atom is 0.161 e. The quantitative estimate of drug-likeness (QED) is 0.700. The van der Waals surface area contributed by atoms with Gasteiger partial charge >= 0.3 is 0 Å². The Balaban J connectivity index is 2.80. The average Bonchev–Trinajstić information content (AvgIpc) is 2.17. The van der Waals surface area contributed by atoms with Crippen molar-refractivity contribution in [3.8, 4) is 11.5 Å². The summed E-state index contributed by atoms with van der Waals surface area (Å²) < 4.78 is 4.95. The molecule has 5 heteroatoms. The molecule has 1 aromatic heterocycles. The first kappa shape index (κ1) is 8.55. The zero-order chi connectivity index (χ0) is 10.1. The summed E-state index contributed by atoms with van der Waals surface area (Å²) in [6.45, 7) is 0. The fourth-order valence-electron chi connectivity index (χ4n) is 1.26. The van der Waals surface area contributed by atoms with E-state index in [1.165, 1.54) is 19.5 Å². The number of aromatic nitrogens is 2. The Morgan fingerprint density at radius 3 is 2.86 bits per heavy atom. The Kier molecular flexibility index (Phi) is 1.85. The summed E-state index contributed by atoms with van der Waals surface area (Å²) in [6.07, 6.45) is 1.35. The van der Waals surface area contributed by atoms with E-state index in [2.05, 4.69) is 9.97 Å². The molecule has 14 heavy (non-hydrogen) atoms. The third kappa shape index (κ3) is 1.19. The standard InChI is InChI=1S/C9H9N3O2/c1-14-8-2-5-6(3-7(8)13)11-4-12-9(5)10/h2-4,13H,1H3,(H2,10,11,12). The molecule has 0 amide bonds. The summed E-state index contributed by atoms with van der Waals surface area (Å²) >= 11 is 0. The number of aromatic hydroxyl groups is 1. The fraction of sp³-hybridized carbons (Fsp3) is 0.111. The van der Waals surface area contributed by atoms with Gasteiger partial charge in [0.05, 0.1) is 12.6 Å². The van der Waals surface area contributed by atoms with Crippen LogP contribution in [-0.4, -0.2) is 22.2 Å². The van der Waals surface area contributed by atoms with Crippen LogP contribution in [0.25, 0.3) is 10.9 Å². The van der Waals surface area contributed by atoms with Crippen LogP contribution in [0, 0.1) is 0 Å². The van der Waals surface area contributed by atoms with E-state index in [1.807, 2.05) is 0 Å². The highest BCUT2D eigenvalue weighted by Gasteiger charge is 2.06. The zero-order valence-electron chi connectivity index (χ0n) is 7.56. The first-order valence-corrected chi connectivity index (χ1v) is 3.99. The molecule has 0 saturated heterocycles. The molecule has 0 bridgehead atoms. The van der Waals surface area contributed by atoms with Gasteiger partial charge in [0.25, 0.3) is 0 Å². The van der Waals surface area contributed by atoms with Crippen molar-refractivity contribution in [1.82, 2.24) is 9.97 Å². The van der Waals surface area contributed by atoms with Crippen LogP contribution in [0.3, 0.4) is 0 Å². The zero-order valence-corrected chi connectivity index (χ0v) is 7.56. The minimum Gasteiger partial charge on any atom is -0.504 e. The van der Waals surface area contributed by atoms with E-state index in [0.717, 1.165) is 0 Å². The Hall–Kier alpha value is -2.04. The number of nitrogens with two attached hydrogens (primary N) is 1. The number of rotatable bonds is 1. The molecule has 0 fully saturated rings. The molecular weight excluding hydrogens is 182 g/mol. The smallest absolute Gasteiger partial charge is 0.161 e. The van der Waals surface area contributed by atoms with Crippen molar-refractivity contribution in [2.75, 3.05) is 12.8 Å². The number of methoxy groups -OCH3 is 1. The second-order valence-corrected chi connectivity index (χ2v) is 2.80. The van der Waals surface area contributed by atoms with Gasteiger partial charge in [-0.2, -0.15) is 0 Å². The van der Waals surface area contributed by atoms with Gasteiger partial charge < -0.3 is 15.6 Å². The lowest BCUT2D eigenvalue weighted by atomic mass is 10.2. The van der Waals surface area contributed by atoms with Crippen molar-refractivity contribution < 1.29 is 9.84 Å².